The Balaban J connectivity index is 1.68. The number of hydroxylamine groups is 1. The van der Waals surface area contributed by atoms with Crippen molar-refractivity contribution in [1.29, 1.82) is 0 Å². The van der Waals surface area contributed by atoms with Crippen molar-refractivity contribution in [3.63, 3.8) is 0 Å². The molecule has 0 aliphatic heterocycles. The van der Waals surface area contributed by atoms with Crippen LogP contribution in [0.4, 0.5) is 16.2 Å². The van der Waals surface area contributed by atoms with Crippen molar-refractivity contribution in [2.45, 2.75) is 38.6 Å². The van der Waals surface area contributed by atoms with Crippen LogP contribution in [0.3, 0.4) is 0 Å². The number of anilines is 2. The summed E-state index contributed by atoms with van der Waals surface area (Å²) in [4.78, 5) is 35.2. The molecule has 0 bridgehead atoms. The molecule has 9 nitrogen and oxygen atoms in total. The van der Waals surface area contributed by atoms with Gasteiger partial charge >= 0.3 is 6.03 Å². The van der Waals surface area contributed by atoms with Gasteiger partial charge in [-0.05, 0) is 54.8 Å². The van der Waals surface area contributed by atoms with Gasteiger partial charge in [-0.25, -0.2) is 10.3 Å². The molecule has 31 heavy (non-hydrogen) atoms. The molecule has 4 amide bonds. The molecule has 0 atom stereocenters. The summed E-state index contributed by atoms with van der Waals surface area (Å²) in [6.45, 7) is 0.980. The highest BCUT2D eigenvalue weighted by Gasteiger charge is 2.07. The lowest BCUT2D eigenvalue weighted by atomic mass is 10.1. The second-order valence-electron chi connectivity index (χ2n) is 7.01. The van der Waals surface area contributed by atoms with Gasteiger partial charge < -0.3 is 21.7 Å². The number of carbonyl (C=O) groups is 3. The van der Waals surface area contributed by atoms with Crippen LogP contribution < -0.4 is 27.2 Å². The number of rotatable bonds is 11. The maximum Gasteiger partial charge on any atom is 0.323 e. The standard InChI is InChI=1S/C22H29N5O4/c23-15-16-6-10-18(11-7-16)25-22(30)26-19-12-8-17(9-13-19)21(29)24-14-4-2-1-3-5-20(28)27-31/h6-13,31H,1-5,14-15,23H2,(H,24,29)(H,27,28)(H2,25,26,30). The van der Waals surface area contributed by atoms with E-state index in [1.165, 1.54) is 0 Å². The number of hydrogen-bond donors (Lipinski definition) is 6. The predicted molar refractivity (Wildman–Crippen MR) is 119 cm³/mol. The zero-order valence-corrected chi connectivity index (χ0v) is 17.3. The van der Waals surface area contributed by atoms with E-state index in [4.69, 9.17) is 10.9 Å². The summed E-state index contributed by atoms with van der Waals surface area (Å²) in [5.74, 6) is -0.569. The number of unbranched alkanes of at least 4 members (excludes halogenated alkanes) is 3. The summed E-state index contributed by atoms with van der Waals surface area (Å²) in [5.41, 5.74) is 9.86. The molecule has 0 aliphatic carbocycles. The molecular formula is C22H29N5O4. The van der Waals surface area contributed by atoms with Gasteiger partial charge in [0.1, 0.15) is 0 Å². The molecule has 2 aromatic carbocycles. The first-order valence-corrected chi connectivity index (χ1v) is 10.2. The van der Waals surface area contributed by atoms with Crippen molar-refractivity contribution in [3.05, 3.63) is 59.7 Å². The van der Waals surface area contributed by atoms with Gasteiger partial charge in [0.15, 0.2) is 0 Å². The van der Waals surface area contributed by atoms with Crippen LogP contribution in [0.25, 0.3) is 0 Å². The number of urea groups is 1. The van der Waals surface area contributed by atoms with E-state index in [1.54, 1.807) is 41.9 Å². The molecule has 0 radical (unpaired) electrons. The summed E-state index contributed by atoms with van der Waals surface area (Å²) < 4.78 is 0. The van der Waals surface area contributed by atoms with Gasteiger partial charge in [-0.1, -0.05) is 25.0 Å². The predicted octanol–water partition coefficient (Wildman–Crippen LogP) is 2.98. The topological polar surface area (TPSA) is 146 Å². The summed E-state index contributed by atoms with van der Waals surface area (Å²) in [5, 5.41) is 16.7. The molecule has 166 valence electrons. The molecule has 2 aromatic rings. The minimum absolute atomic E-state index is 0.185. The van der Waals surface area contributed by atoms with Crippen molar-refractivity contribution < 1.29 is 19.6 Å². The molecule has 0 aromatic heterocycles. The van der Waals surface area contributed by atoms with Gasteiger partial charge in [0.25, 0.3) is 5.91 Å². The van der Waals surface area contributed by atoms with Crippen LogP contribution in [0, 0.1) is 0 Å². The lowest BCUT2D eigenvalue weighted by molar-refractivity contribution is -0.129. The summed E-state index contributed by atoms with van der Waals surface area (Å²) in [6, 6.07) is 13.5. The molecule has 9 heteroatoms. The largest absolute Gasteiger partial charge is 0.352 e. The number of amides is 4. The van der Waals surface area contributed by atoms with Crippen LogP contribution in [-0.2, 0) is 11.3 Å². The highest BCUT2D eigenvalue weighted by Crippen LogP contribution is 2.12. The van der Waals surface area contributed by atoms with E-state index in [-0.39, 0.29) is 17.8 Å². The van der Waals surface area contributed by atoms with E-state index in [2.05, 4.69) is 16.0 Å². The van der Waals surface area contributed by atoms with Crippen LogP contribution in [-0.4, -0.2) is 29.6 Å². The van der Waals surface area contributed by atoms with Crippen LogP contribution >= 0.6 is 0 Å². The zero-order chi connectivity index (χ0) is 22.5. The quantitative estimate of drug-likeness (QED) is 0.185. The third-order valence-electron chi connectivity index (χ3n) is 4.59. The Hall–Kier alpha value is -3.43. The minimum Gasteiger partial charge on any atom is -0.352 e. The van der Waals surface area contributed by atoms with Crippen LogP contribution in [0.15, 0.2) is 48.5 Å². The smallest absolute Gasteiger partial charge is 0.323 e. The number of nitrogens with two attached hydrogens (primary N) is 1. The van der Waals surface area contributed by atoms with Crippen molar-refractivity contribution >= 4 is 29.2 Å². The maximum atomic E-state index is 12.2. The van der Waals surface area contributed by atoms with E-state index in [0.717, 1.165) is 24.8 Å². The third kappa shape index (κ3) is 8.85. The molecule has 0 fully saturated rings. The van der Waals surface area contributed by atoms with Gasteiger partial charge in [-0.2, -0.15) is 0 Å². The van der Waals surface area contributed by atoms with Gasteiger partial charge in [-0.3, -0.25) is 14.8 Å². The Morgan fingerprint density at radius 3 is 1.97 bits per heavy atom. The monoisotopic (exact) mass is 427 g/mol. The molecule has 0 heterocycles. The van der Waals surface area contributed by atoms with E-state index in [9.17, 15) is 14.4 Å². The summed E-state index contributed by atoms with van der Waals surface area (Å²) >= 11 is 0. The fraction of sp³-hybridized carbons (Fsp3) is 0.318. The number of carbonyl (C=O) groups excluding carboxylic acids is 3. The van der Waals surface area contributed by atoms with Crippen molar-refractivity contribution in [2.24, 2.45) is 5.73 Å². The van der Waals surface area contributed by atoms with Gasteiger partial charge in [0.2, 0.25) is 5.91 Å². The fourth-order valence-electron chi connectivity index (χ4n) is 2.85. The summed E-state index contributed by atoms with van der Waals surface area (Å²) in [6.07, 6.45) is 3.52. The van der Waals surface area contributed by atoms with Crippen molar-refractivity contribution in [2.75, 3.05) is 17.2 Å². The SMILES string of the molecule is NCc1ccc(NC(=O)Nc2ccc(C(=O)NCCCCCCC(=O)NO)cc2)cc1. The number of hydrogen-bond acceptors (Lipinski definition) is 5. The first-order valence-electron chi connectivity index (χ1n) is 10.2. The average Bonchev–Trinajstić information content (AvgIpc) is 2.79. The first-order chi connectivity index (χ1) is 15.0. The third-order valence-corrected chi connectivity index (χ3v) is 4.59. The maximum absolute atomic E-state index is 12.2. The van der Waals surface area contributed by atoms with Crippen molar-refractivity contribution in [3.8, 4) is 0 Å². The first kappa shape index (κ1) is 23.8. The molecular weight excluding hydrogens is 398 g/mol. The second kappa shape index (κ2) is 13.0. The Labute approximate surface area is 181 Å². The van der Waals surface area contributed by atoms with Crippen LogP contribution in [0.1, 0.15) is 48.0 Å². The van der Waals surface area contributed by atoms with Gasteiger partial charge in [0.05, 0.1) is 0 Å². The molecule has 2 rings (SSSR count). The van der Waals surface area contributed by atoms with Gasteiger partial charge in [-0.15, -0.1) is 0 Å². The second-order valence-corrected chi connectivity index (χ2v) is 7.01. The highest BCUT2D eigenvalue weighted by molar-refractivity contribution is 6.00. The zero-order valence-electron chi connectivity index (χ0n) is 17.3. The van der Waals surface area contributed by atoms with Crippen LogP contribution in [0.5, 0.6) is 0 Å². The lowest BCUT2D eigenvalue weighted by Gasteiger charge is -2.09. The lowest BCUT2D eigenvalue weighted by Crippen LogP contribution is -2.24. The Bertz CT molecular complexity index is 853. The average molecular weight is 428 g/mol. The van der Waals surface area contributed by atoms with Crippen LogP contribution in [0.2, 0.25) is 0 Å². The normalized spacial score (nSPS) is 10.3. The number of nitrogens with one attached hydrogen (secondary N) is 4. The molecule has 0 saturated carbocycles. The van der Waals surface area contributed by atoms with E-state index in [0.29, 0.717) is 42.9 Å². The Morgan fingerprint density at radius 1 is 0.806 bits per heavy atom. The molecule has 0 unspecified atom stereocenters. The minimum atomic E-state index is -0.384. The van der Waals surface area contributed by atoms with E-state index in [1.807, 2.05) is 12.1 Å². The van der Waals surface area contributed by atoms with Crippen molar-refractivity contribution in [1.82, 2.24) is 10.8 Å². The fourth-order valence-corrected chi connectivity index (χ4v) is 2.85. The Kier molecular flexibility index (Phi) is 9.99. The Morgan fingerprint density at radius 2 is 1.39 bits per heavy atom. The molecule has 0 aliphatic rings. The van der Waals surface area contributed by atoms with E-state index < -0.39 is 0 Å². The summed E-state index contributed by atoms with van der Waals surface area (Å²) in [7, 11) is 0. The van der Waals surface area contributed by atoms with E-state index >= 15 is 0 Å². The molecule has 0 spiro atoms. The number of benzene rings is 2. The molecule has 7 N–H and O–H groups in total. The molecule has 0 saturated heterocycles. The van der Waals surface area contributed by atoms with Gasteiger partial charge in [0, 0.05) is 36.4 Å². The highest BCUT2D eigenvalue weighted by atomic mass is 16.5.